The van der Waals surface area contributed by atoms with Crippen LogP contribution in [-0.4, -0.2) is 59.7 Å². The smallest absolute Gasteiger partial charge is 0.411 e. The molecule has 2 aliphatic rings. The van der Waals surface area contributed by atoms with E-state index in [2.05, 4.69) is 32.2 Å². The van der Waals surface area contributed by atoms with Gasteiger partial charge in [-0.2, -0.15) is 4.58 Å². The standard InChI is InChI=1S/C50H46N4O6/c1-33-15-25-43(35(3)31-33)53(27-29-59-49(57)51-39-11-7-5-8-12-39)41-21-17-37(18-22-41)45-47(55)46(48(45)56)38-19-23-42(24-20-38)54(44-26-16-34(2)32-36(44)4)28-30-60-50(58)52-40-13-9-6-10-14-40/h5-26,31-32H,27-30H2,1-4H3,(H2-,51,52,55,56,57,58)/p+1. The van der Waals surface area contributed by atoms with E-state index in [0.717, 1.165) is 45.0 Å². The molecule has 7 rings (SSSR count). The third-order valence-corrected chi connectivity index (χ3v) is 10.3. The van der Waals surface area contributed by atoms with Gasteiger partial charge in [0.25, 0.3) is 0 Å². The molecule has 2 aliphatic carbocycles. The number of ether oxygens (including phenoxy) is 2. The molecule has 0 fully saturated rings. The molecular formula is C50H47N4O6+. The Morgan fingerprint density at radius 1 is 0.650 bits per heavy atom. The van der Waals surface area contributed by atoms with E-state index in [1.165, 1.54) is 0 Å². The topological polar surface area (TPSA) is 120 Å². The Labute approximate surface area is 350 Å². The predicted molar refractivity (Wildman–Crippen MR) is 238 cm³/mol. The van der Waals surface area contributed by atoms with Crippen molar-refractivity contribution in [2.75, 3.05) is 41.8 Å². The van der Waals surface area contributed by atoms with Crippen molar-refractivity contribution in [3.05, 3.63) is 190 Å². The summed E-state index contributed by atoms with van der Waals surface area (Å²) in [5, 5.41) is 16.8. The maximum Gasteiger partial charge on any atom is 0.411 e. The third-order valence-electron chi connectivity index (χ3n) is 10.3. The Morgan fingerprint density at radius 3 is 1.78 bits per heavy atom. The molecule has 0 saturated carbocycles. The van der Waals surface area contributed by atoms with Gasteiger partial charge in [0.15, 0.2) is 13.2 Å². The second kappa shape index (κ2) is 18.4. The summed E-state index contributed by atoms with van der Waals surface area (Å²) in [4.78, 5) is 40.8. The highest BCUT2D eigenvalue weighted by atomic mass is 16.6. The second-order valence-corrected chi connectivity index (χ2v) is 14.7. The quantitative estimate of drug-likeness (QED) is 0.0849. The lowest BCUT2D eigenvalue weighted by molar-refractivity contribution is -0.442. The molecule has 0 saturated heterocycles. The largest absolute Gasteiger partial charge is 0.506 e. The van der Waals surface area contributed by atoms with Crippen LogP contribution in [0, 0.1) is 27.7 Å². The highest BCUT2D eigenvalue weighted by Gasteiger charge is 2.37. The number of Topliss-reactive ketones (excluding diaryl/α,β-unsaturated/α-hetero) is 1. The number of carbonyl (C=O) groups excluding carboxylic acids is 3. The summed E-state index contributed by atoms with van der Waals surface area (Å²) in [6, 6.07) is 38.1. The maximum absolute atomic E-state index is 13.7. The summed E-state index contributed by atoms with van der Waals surface area (Å²) < 4.78 is 13.2. The van der Waals surface area contributed by atoms with Crippen LogP contribution >= 0.6 is 0 Å². The van der Waals surface area contributed by atoms with Crippen molar-refractivity contribution in [1.82, 2.24) is 0 Å². The van der Waals surface area contributed by atoms with E-state index in [1.54, 1.807) is 24.3 Å². The molecule has 0 aromatic heterocycles. The number of carbonyl (C=O) groups is 3. The normalized spacial score (nSPS) is 13.2. The number of nitrogens with one attached hydrogen (secondary N) is 2. The number of amides is 2. The minimum absolute atomic E-state index is 0.0615. The second-order valence-electron chi connectivity index (χ2n) is 14.7. The number of aliphatic hydroxyl groups is 1. The van der Waals surface area contributed by atoms with Gasteiger partial charge < -0.3 is 19.5 Å². The zero-order valence-electron chi connectivity index (χ0n) is 34.1. The summed E-state index contributed by atoms with van der Waals surface area (Å²) in [5.41, 5.74) is 11.0. The number of anilines is 4. The lowest BCUT2D eigenvalue weighted by Crippen LogP contribution is -2.26. The van der Waals surface area contributed by atoms with Crippen LogP contribution in [0.25, 0.3) is 5.57 Å². The van der Waals surface area contributed by atoms with Crippen LogP contribution in [0.1, 0.15) is 27.8 Å². The van der Waals surface area contributed by atoms with Crippen LogP contribution in [0.15, 0.2) is 163 Å². The number of aryl methyl sites for hydroxylation is 4. The monoisotopic (exact) mass is 799 g/mol. The fourth-order valence-corrected chi connectivity index (χ4v) is 7.36. The van der Waals surface area contributed by atoms with Crippen molar-refractivity contribution in [3.63, 3.8) is 0 Å². The van der Waals surface area contributed by atoms with Crippen molar-refractivity contribution in [2.24, 2.45) is 0 Å². The fourth-order valence-electron chi connectivity index (χ4n) is 7.36. The zero-order chi connectivity index (χ0) is 42.2. The molecule has 0 spiro atoms. The van der Waals surface area contributed by atoms with Crippen LogP contribution < -0.4 is 15.5 Å². The maximum atomic E-state index is 13.7. The Balaban J connectivity index is 1.08. The molecule has 0 heterocycles. The summed E-state index contributed by atoms with van der Waals surface area (Å²) in [6.45, 7) is 9.16. The number of ketones is 1. The Bertz CT molecular complexity index is 2570. The number of allylic oxidation sites excluding steroid dienone is 7. The average Bonchev–Trinajstić information content (AvgIpc) is 3.23. The summed E-state index contributed by atoms with van der Waals surface area (Å²) in [7, 11) is 0. The lowest BCUT2D eigenvalue weighted by atomic mass is 9.80. The third kappa shape index (κ3) is 9.45. The van der Waals surface area contributed by atoms with Crippen molar-refractivity contribution in [2.45, 2.75) is 27.7 Å². The number of hydrogen-bond acceptors (Lipinski definition) is 7. The molecule has 0 radical (unpaired) electrons. The van der Waals surface area contributed by atoms with Crippen LogP contribution in [-0.2, 0) is 14.3 Å². The zero-order valence-corrected chi connectivity index (χ0v) is 34.1. The molecule has 302 valence electrons. The molecule has 2 amide bonds. The number of aliphatic hydroxyl groups excluding tert-OH is 1. The first-order valence-corrected chi connectivity index (χ1v) is 19.8. The first-order valence-electron chi connectivity index (χ1n) is 19.8. The van der Waals surface area contributed by atoms with Gasteiger partial charge in [-0.25, -0.2) is 9.59 Å². The van der Waals surface area contributed by atoms with Gasteiger partial charge in [-0.3, -0.25) is 15.4 Å². The number of para-hydroxylation sites is 2. The van der Waals surface area contributed by atoms with E-state index in [9.17, 15) is 19.5 Å². The van der Waals surface area contributed by atoms with Gasteiger partial charge in [-0.1, -0.05) is 77.9 Å². The molecule has 3 N–H and O–H groups in total. The minimum atomic E-state index is -0.543. The summed E-state index contributed by atoms with van der Waals surface area (Å²) >= 11 is 0. The van der Waals surface area contributed by atoms with Gasteiger partial charge >= 0.3 is 12.2 Å². The van der Waals surface area contributed by atoms with E-state index >= 15 is 0 Å². The molecule has 0 atom stereocenters. The Morgan fingerprint density at radius 2 is 1.22 bits per heavy atom. The van der Waals surface area contributed by atoms with Crippen molar-refractivity contribution >= 4 is 57.7 Å². The van der Waals surface area contributed by atoms with Gasteiger partial charge in [0.1, 0.15) is 12.4 Å². The number of nitrogens with zero attached hydrogens (tertiary/aromatic N) is 2. The Hall–Kier alpha value is -7.46. The molecular weight excluding hydrogens is 753 g/mol. The van der Waals surface area contributed by atoms with Gasteiger partial charge in [-0.15, -0.1) is 0 Å². The Kier molecular flexibility index (Phi) is 12.5. The van der Waals surface area contributed by atoms with Crippen LogP contribution in [0.3, 0.4) is 0 Å². The van der Waals surface area contributed by atoms with Crippen LogP contribution in [0.2, 0.25) is 0 Å². The summed E-state index contributed by atoms with van der Waals surface area (Å²) in [6.07, 6.45) is 6.35. The molecule has 0 bridgehead atoms. The number of hydrogen-bond donors (Lipinski definition) is 3. The SMILES string of the molecule is Cc1ccc(N(CCOC(=O)Nc2ccccc2)c2ccc(C3=C(O)C(=C4C=CC(=[N+](CCOC(=O)Nc5ccccc5)c5ccc(C)cc5C)C=C4)C3=O)cc2)c(C)c1. The minimum Gasteiger partial charge on any atom is -0.506 e. The molecule has 5 aromatic carbocycles. The van der Waals surface area contributed by atoms with Crippen molar-refractivity contribution < 1.29 is 33.5 Å². The van der Waals surface area contributed by atoms with Crippen molar-refractivity contribution in [3.8, 4) is 0 Å². The van der Waals surface area contributed by atoms with Crippen molar-refractivity contribution in [1.29, 1.82) is 0 Å². The van der Waals surface area contributed by atoms with E-state index in [0.29, 0.717) is 35.6 Å². The van der Waals surface area contributed by atoms with Gasteiger partial charge in [0.05, 0.1) is 17.7 Å². The molecule has 10 heteroatoms. The lowest BCUT2D eigenvalue weighted by Gasteiger charge is -2.28. The average molecular weight is 800 g/mol. The molecule has 5 aromatic rings. The van der Waals surface area contributed by atoms with Crippen LogP contribution in [0.5, 0.6) is 0 Å². The van der Waals surface area contributed by atoms with Gasteiger partial charge in [-0.05, 0) is 105 Å². The van der Waals surface area contributed by atoms with E-state index in [1.807, 2.05) is 137 Å². The highest BCUT2D eigenvalue weighted by Crippen LogP contribution is 2.40. The first-order chi connectivity index (χ1) is 29.0. The predicted octanol–water partition coefficient (Wildman–Crippen LogP) is 10.6. The van der Waals surface area contributed by atoms with Gasteiger partial charge in [0.2, 0.25) is 17.2 Å². The molecule has 0 unspecified atom stereocenters. The first kappa shape index (κ1) is 40.7. The summed E-state index contributed by atoms with van der Waals surface area (Å²) in [5.74, 6) is -0.310. The number of rotatable bonds is 12. The van der Waals surface area contributed by atoms with E-state index in [4.69, 9.17) is 9.47 Å². The van der Waals surface area contributed by atoms with E-state index < -0.39 is 12.2 Å². The molecule has 60 heavy (non-hydrogen) atoms. The van der Waals surface area contributed by atoms with Crippen LogP contribution in [0.4, 0.5) is 38.0 Å². The van der Waals surface area contributed by atoms with Gasteiger partial charge in [0, 0.05) is 46.5 Å². The molecule has 10 nitrogen and oxygen atoms in total. The fraction of sp³-hybridized carbons (Fsp3) is 0.160. The highest BCUT2D eigenvalue weighted by molar-refractivity contribution is 6.39. The molecule has 0 aliphatic heterocycles. The van der Waals surface area contributed by atoms with E-state index in [-0.39, 0.29) is 35.9 Å². The number of benzene rings is 5.